The molecule has 3 amide bonds. The summed E-state index contributed by atoms with van der Waals surface area (Å²) in [7, 11) is 3.29. The van der Waals surface area contributed by atoms with Crippen LogP contribution in [0.1, 0.15) is 58.1 Å². The first-order valence-corrected chi connectivity index (χ1v) is 13.6. The number of carbonyl (C=O) groups excluding carboxylic acids is 3. The molecule has 0 saturated heterocycles. The highest BCUT2D eigenvalue weighted by molar-refractivity contribution is 6.03. The Labute approximate surface area is 237 Å². The summed E-state index contributed by atoms with van der Waals surface area (Å²) in [6, 6.07) is 6.10. The lowest BCUT2D eigenvalue weighted by Crippen LogP contribution is -2.40. The molecule has 1 aromatic rings. The van der Waals surface area contributed by atoms with Crippen molar-refractivity contribution >= 4 is 23.8 Å². The Morgan fingerprint density at radius 3 is 2.25 bits per heavy atom. The van der Waals surface area contributed by atoms with Crippen LogP contribution in [0.5, 0.6) is 0 Å². The van der Waals surface area contributed by atoms with Crippen LogP contribution in [-0.2, 0) is 30.2 Å². The summed E-state index contributed by atoms with van der Waals surface area (Å²) in [5, 5.41) is 3.00. The summed E-state index contributed by atoms with van der Waals surface area (Å²) in [5.41, 5.74) is 14.7. The molecule has 0 spiro atoms. The third-order valence-corrected chi connectivity index (χ3v) is 7.31. The number of nitrogens with one attached hydrogen (secondary N) is 1. The Morgan fingerprint density at radius 1 is 0.975 bits per heavy atom. The Kier molecular flexibility index (Phi) is 12.7. The second kappa shape index (κ2) is 15.4. The average molecular weight is 560 g/mol. The van der Waals surface area contributed by atoms with Crippen molar-refractivity contribution < 1.29 is 33.3 Å². The number of hydrogen-bond acceptors (Lipinski definition) is 7. The number of allylic oxidation sites excluding steroid dienone is 1. The lowest BCUT2D eigenvalue weighted by atomic mass is 9.88. The van der Waals surface area contributed by atoms with Gasteiger partial charge >= 0.3 is 12.2 Å². The summed E-state index contributed by atoms with van der Waals surface area (Å²) in [4.78, 5) is 36.6. The van der Waals surface area contributed by atoms with Crippen molar-refractivity contribution in [2.45, 2.75) is 84.7 Å². The highest BCUT2D eigenvalue weighted by atomic mass is 16.6. The molecular formula is C30H45N3O7. The number of benzene rings is 1. The Morgan fingerprint density at radius 2 is 1.65 bits per heavy atom. The van der Waals surface area contributed by atoms with E-state index in [1.807, 2.05) is 32.1 Å². The average Bonchev–Trinajstić information content (AvgIpc) is 2.87. The quantitative estimate of drug-likeness (QED) is 0.449. The second-order valence-electron chi connectivity index (χ2n) is 10.7. The number of anilines is 1. The second-order valence-corrected chi connectivity index (χ2v) is 10.7. The summed E-state index contributed by atoms with van der Waals surface area (Å²) < 4.78 is 22.6. The molecule has 0 aromatic heterocycles. The fourth-order valence-corrected chi connectivity index (χ4v) is 5.27. The summed E-state index contributed by atoms with van der Waals surface area (Å²) in [6.45, 7) is 9.56. The molecule has 1 aromatic carbocycles. The van der Waals surface area contributed by atoms with Crippen molar-refractivity contribution in [3.8, 4) is 0 Å². The maximum absolute atomic E-state index is 13.0. The molecule has 1 aliphatic rings. The molecule has 10 nitrogen and oxygen atoms in total. The zero-order chi connectivity index (χ0) is 30.0. The number of carbonyl (C=O) groups is 3. The van der Waals surface area contributed by atoms with Gasteiger partial charge in [-0.25, -0.2) is 9.59 Å². The Balaban J connectivity index is 2.56. The van der Waals surface area contributed by atoms with Gasteiger partial charge in [0.05, 0.1) is 12.2 Å². The minimum atomic E-state index is -1.02. The summed E-state index contributed by atoms with van der Waals surface area (Å²) in [5.74, 6) is -0.155. The van der Waals surface area contributed by atoms with Crippen molar-refractivity contribution in [1.82, 2.24) is 0 Å². The van der Waals surface area contributed by atoms with Crippen LogP contribution >= 0.6 is 0 Å². The summed E-state index contributed by atoms with van der Waals surface area (Å²) in [6.07, 6.45) is 1.25. The third-order valence-electron chi connectivity index (χ3n) is 7.31. The molecule has 0 unspecified atom stereocenters. The van der Waals surface area contributed by atoms with E-state index in [9.17, 15) is 14.4 Å². The van der Waals surface area contributed by atoms with E-state index in [0.717, 1.165) is 29.7 Å². The van der Waals surface area contributed by atoms with E-state index < -0.39 is 24.4 Å². The number of methoxy groups -OCH3 is 2. The van der Waals surface area contributed by atoms with E-state index in [1.165, 1.54) is 0 Å². The van der Waals surface area contributed by atoms with Gasteiger partial charge in [-0.1, -0.05) is 38.1 Å². The van der Waals surface area contributed by atoms with Crippen LogP contribution in [0, 0.1) is 18.8 Å². The van der Waals surface area contributed by atoms with E-state index in [0.29, 0.717) is 17.6 Å². The van der Waals surface area contributed by atoms with Crippen LogP contribution in [-0.4, -0.2) is 56.7 Å². The molecule has 0 fully saturated rings. The number of amides is 3. The molecule has 0 saturated carbocycles. The van der Waals surface area contributed by atoms with Gasteiger partial charge in [0.2, 0.25) is 0 Å². The smallest absolute Gasteiger partial charge is 0.405 e. The largest absolute Gasteiger partial charge is 0.442 e. The first-order valence-electron chi connectivity index (χ1n) is 13.6. The highest BCUT2D eigenvalue weighted by Gasteiger charge is 2.32. The highest BCUT2D eigenvalue weighted by Crippen LogP contribution is 2.28. The predicted octanol–water partition coefficient (Wildman–Crippen LogP) is 4.78. The number of primary amides is 2. The van der Waals surface area contributed by atoms with Gasteiger partial charge in [-0.3, -0.25) is 4.79 Å². The van der Waals surface area contributed by atoms with E-state index in [4.69, 9.17) is 30.4 Å². The Bertz CT molecular complexity index is 1100. The normalized spacial score (nSPS) is 29.7. The van der Waals surface area contributed by atoms with Gasteiger partial charge in [-0.05, 0) is 75.1 Å². The van der Waals surface area contributed by atoms with Gasteiger partial charge in [-0.2, -0.15) is 0 Å². The van der Waals surface area contributed by atoms with Gasteiger partial charge in [0.15, 0.2) is 6.10 Å². The van der Waals surface area contributed by atoms with E-state index in [1.54, 1.807) is 34.1 Å². The minimum Gasteiger partial charge on any atom is -0.442 e. The number of aryl methyl sites for hydroxylation is 1. The zero-order valence-corrected chi connectivity index (χ0v) is 24.7. The van der Waals surface area contributed by atoms with Crippen LogP contribution in [0.4, 0.5) is 15.3 Å². The molecule has 1 aliphatic heterocycles. The van der Waals surface area contributed by atoms with Crippen molar-refractivity contribution in [2.75, 3.05) is 19.5 Å². The minimum absolute atomic E-state index is 0.160. The van der Waals surface area contributed by atoms with Crippen LogP contribution in [0.3, 0.4) is 0 Å². The maximum atomic E-state index is 13.0. The molecular weight excluding hydrogens is 514 g/mol. The molecule has 0 aliphatic carbocycles. The van der Waals surface area contributed by atoms with Crippen LogP contribution in [0.15, 0.2) is 41.5 Å². The van der Waals surface area contributed by atoms with Gasteiger partial charge in [0, 0.05) is 31.4 Å². The standard InChI is InChI=1S/C30H45N3O7/c1-17-13-22-12-11-18(2)23(16-22)33-28(34)19(3)9-8-10-24(39-29(31)35)27(40-30(32)36)21(5)15-20(4)26(38-7)25(14-17)37-6/h9,11-12,15-17,20,24-27H,8,10,13-14H2,1-7H3,(H2,31,35)(H2,32,36)(H,33,34)/b19-9+,21-15+/t17-,20+,24+,25+,26-,27+/m1/s1. The fraction of sp³-hybridized carbons (Fsp3) is 0.567. The molecule has 222 valence electrons. The number of hydrogen-bond donors (Lipinski definition) is 3. The number of rotatable bonds is 4. The SMILES string of the molecule is CO[C@H]1[C@@H](OC)C[C@H](C)Cc2ccc(C)c(c2)NC(=O)/C(C)=C/CC[C@H](OC(N)=O)[C@@H](OC(N)=O)/C(C)=C/[C@@H]1C. The lowest BCUT2D eigenvalue weighted by molar-refractivity contribution is -0.112. The Hall–Kier alpha value is -3.37. The zero-order valence-electron chi connectivity index (χ0n) is 24.7. The summed E-state index contributed by atoms with van der Waals surface area (Å²) >= 11 is 0. The molecule has 6 atom stereocenters. The number of ether oxygens (including phenoxy) is 4. The van der Waals surface area contributed by atoms with Gasteiger partial charge < -0.3 is 35.7 Å². The fourth-order valence-electron chi connectivity index (χ4n) is 5.27. The van der Waals surface area contributed by atoms with E-state index >= 15 is 0 Å². The van der Waals surface area contributed by atoms with Gasteiger partial charge in [-0.15, -0.1) is 0 Å². The molecule has 5 N–H and O–H groups in total. The molecule has 0 radical (unpaired) electrons. The van der Waals surface area contributed by atoms with Crippen molar-refractivity contribution in [3.63, 3.8) is 0 Å². The molecule has 1 heterocycles. The van der Waals surface area contributed by atoms with Crippen molar-refractivity contribution in [3.05, 3.63) is 52.6 Å². The first-order chi connectivity index (χ1) is 18.9. The molecule has 2 bridgehead atoms. The van der Waals surface area contributed by atoms with Gasteiger partial charge in [0.25, 0.3) is 5.91 Å². The topological polar surface area (TPSA) is 152 Å². The van der Waals surface area contributed by atoms with Crippen molar-refractivity contribution in [2.24, 2.45) is 23.3 Å². The van der Waals surface area contributed by atoms with E-state index in [-0.39, 0.29) is 36.4 Å². The van der Waals surface area contributed by atoms with Gasteiger partial charge in [0.1, 0.15) is 6.10 Å². The third kappa shape index (κ3) is 9.67. The first kappa shape index (κ1) is 32.8. The number of fused-ring (bicyclic) bond motifs is 2. The van der Waals surface area contributed by atoms with Crippen molar-refractivity contribution in [1.29, 1.82) is 0 Å². The van der Waals surface area contributed by atoms with E-state index in [2.05, 4.69) is 18.3 Å². The maximum Gasteiger partial charge on any atom is 0.405 e. The number of nitrogens with two attached hydrogens (primary N) is 2. The van der Waals surface area contributed by atoms with Crippen LogP contribution in [0.2, 0.25) is 0 Å². The van der Waals surface area contributed by atoms with Crippen LogP contribution in [0.25, 0.3) is 0 Å². The molecule has 2 rings (SSSR count). The molecule has 40 heavy (non-hydrogen) atoms. The van der Waals surface area contributed by atoms with Crippen LogP contribution < -0.4 is 16.8 Å². The lowest BCUT2D eigenvalue weighted by Gasteiger charge is -2.32. The molecule has 10 heteroatoms. The monoisotopic (exact) mass is 559 g/mol. The predicted molar refractivity (Wildman–Crippen MR) is 154 cm³/mol.